The van der Waals surface area contributed by atoms with E-state index in [0.717, 1.165) is 10.5 Å². The van der Waals surface area contributed by atoms with Gasteiger partial charge in [0.1, 0.15) is 12.4 Å². The summed E-state index contributed by atoms with van der Waals surface area (Å²) in [5, 5.41) is 0. The predicted octanol–water partition coefficient (Wildman–Crippen LogP) is 2.62. The minimum atomic E-state index is -3.01. The summed E-state index contributed by atoms with van der Waals surface area (Å²) < 4.78 is 32.8. The molecule has 2 fully saturated rings. The van der Waals surface area contributed by atoms with Crippen LogP contribution in [0.4, 0.5) is 13.6 Å². The Labute approximate surface area is 120 Å². The van der Waals surface area contributed by atoms with Crippen molar-refractivity contribution in [3.8, 4) is 0 Å². The maximum absolute atomic E-state index is 13.8. The average molecular weight is 295 g/mol. The van der Waals surface area contributed by atoms with Gasteiger partial charge in [0.15, 0.2) is 0 Å². The first-order chi connectivity index (χ1) is 9.97. The van der Waals surface area contributed by atoms with Gasteiger partial charge in [0.2, 0.25) is 0 Å². The monoisotopic (exact) mass is 295 g/mol. The second kappa shape index (κ2) is 5.09. The lowest BCUT2D eigenvalue weighted by Gasteiger charge is -2.21. The van der Waals surface area contributed by atoms with Gasteiger partial charge < -0.3 is 4.74 Å². The second-order valence-electron chi connectivity index (χ2n) is 5.55. The number of nitrogens with zero attached hydrogens (tertiary/aromatic N) is 1. The third-order valence-electron chi connectivity index (χ3n) is 4.11. The molecule has 2 aliphatic rings. The SMILES string of the molecule is O=C1CC2C(C1)C(F)(F)CN2C(=O)OCc1ccccc1. The van der Waals surface area contributed by atoms with Crippen molar-refractivity contribution in [2.24, 2.45) is 5.92 Å². The number of amides is 1. The van der Waals surface area contributed by atoms with E-state index in [1.165, 1.54) is 0 Å². The second-order valence-corrected chi connectivity index (χ2v) is 5.55. The third-order valence-corrected chi connectivity index (χ3v) is 4.11. The van der Waals surface area contributed by atoms with Gasteiger partial charge in [0.25, 0.3) is 5.92 Å². The van der Waals surface area contributed by atoms with Crippen molar-refractivity contribution < 1.29 is 23.1 Å². The molecule has 0 aromatic heterocycles. The number of ketones is 1. The minimum Gasteiger partial charge on any atom is -0.445 e. The van der Waals surface area contributed by atoms with E-state index in [4.69, 9.17) is 4.74 Å². The lowest BCUT2D eigenvalue weighted by molar-refractivity contribution is -0.119. The number of Topliss-reactive ketones (excluding diaryl/α,β-unsaturated/α-hetero) is 1. The smallest absolute Gasteiger partial charge is 0.410 e. The fraction of sp³-hybridized carbons (Fsp3) is 0.467. The summed E-state index contributed by atoms with van der Waals surface area (Å²) in [6, 6.07) is 8.29. The molecule has 4 nitrogen and oxygen atoms in total. The number of carbonyl (C=O) groups excluding carboxylic acids is 2. The van der Waals surface area contributed by atoms with Crippen molar-refractivity contribution in [2.75, 3.05) is 6.54 Å². The van der Waals surface area contributed by atoms with E-state index in [2.05, 4.69) is 0 Å². The van der Waals surface area contributed by atoms with Crippen LogP contribution >= 0.6 is 0 Å². The van der Waals surface area contributed by atoms with E-state index in [1.807, 2.05) is 6.07 Å². The molecule has 2 unspecified atom stereocenters. The van der Waals surface area contributed by atoms with Crippen LogP contribution in [0.15, 0.2) is 30.3 Å². The summed E-state index contributed by atoms with van der Waals surface area (Å²) >= 11 is 0. The van der Waals surface area contributed by atoms with Gasteiger partial charge in [0.05, 0.1) is 18.5 Å². The fourth-order valence-electron chi connectivity index (χ4n) is 3.06. The summed E-state index contributed by atoms with van der Waals surface area (Å²) in [4.78, 5) is 24.4. The Kier molecular flexibility index (Phi) is 3.39. The zero-order valence-electron chi connectivity index (χ0n) is 11.3. The number of hydrogen-bond donors (Lipinski definition) is 0. The predicted molar refractivity (Wildman–Crippen MR) is 69.8 cm³/mol. The molecule has 0 radical (unpaired) electrons. The molecule has 6 heteroatoms. The topological polar surface area (TPSA) is 46.6 Å². The molecule has 1 heterocycles. The number of carbonyl (C=O) groups is 2. The third kappa shape index (κ3) is 2.62. The van der Waals surface area contributed by atoms with E-state index in [0.29, 0.717) is 0 Å². The van der Waals surface area contributed by atoms with Crippen molar-refractivity contribution in [1.29, 1.82) is 0 Å². The molecule has 1 saturated heterocycles. The Balaban J connectivity index is 1.66. The summed E-state index contributed by atoms with van der Waals surface area (Å²) in [7, 11) is 0. The van der Waals surface area contributed by atoms with Gasteiger partial charge in [-0.15, -0.1) is 0 Å². The molecule has 0 bridgehead atoms. The van der Waals surface area contributed by atoms with Crippen LogP contribution < -0.4 is 0 Å². The van der Waals surface area contributed by atoms with Crippen LogP contribution in [0.3, 0.4) is 0 Å². The van der Waals surface area contributed by atoms with E-state index >= 15 is 0 Å². The van der Waals surface area contributed by atoms with Gasteiger partial charge in [-0.05, 0) is 5.56 Å². The number of hydrogen-bond acceptors (Lipinski definition) is 3. The van der Waals surface area contributed by atoms with Crippen molar-refractivity contribution in [1.82, 2.24) is 4.90 Å². The molecule has 112 valence electrons. The summed E-state index contributed by atoms with van der Waals surface area (Å²) in [5.74, 6) is -4.29. The van der Waals surface area contributed by atoms with Gasteiger partial charge in [-0.25, -0.2) is 13.6 Å². The molecule has 0 N–H and O–H groups in total. The Bertz CT molecular complexity index is 561. The molecule has 0 spiro atoms. The van der Waals surface area contributed by atoms with Crippen LogP contribution in [0, 0.1) is 5.92 Å². The van der Waals surface area contributed by atoms with Gasteiger partial charge >= 0.3 is 6.09 Å². The Hall–Kier alpha value is -1.98. The van der Waals surface area contributed by atoms with Gasteiger partial charge in [-0.3, -0.25) is 9.69 Å². The number of likely N-dealkylation sites (tertiary alicyclic amines) is 1. The molecule has 1 amide bonds. The highest BCUT2D eigenvalue weighted by atomic mass is 19.3. The summed E-state index contributed by atoms with van der Waals surface area (Å²) in [6.45, 7) is -0.629. The molecule has 1 aromatic carbocycles. The molecule has 3 rings (SSSR count). The minimum absolute atomic E-state index is 0.000688. The largest absolute Gasteiger partial charge is 0.445 e. The van der Waals surface area contributed by atoms with Crippen molar-refractivity contribution >= 4 is 11.9 Å². The molecule has 21 heavy (non-hydrogen) atoms. The van der Waals surface area contributed by atoms with Crippen molar-refractivity contribution in [3.63, 3.8) is 0 Å². The van der Waals surface area contributed by atoms with Crippen LogP contribution in [-0.2, 0) is 16.1 Å². The first-order valence-corrected chi connectivity index (χ1v) is 6.84. The average Bonchev–Trinajstić information content (AvgIpc) is 2.95. The van der Waals surface area contributed by atoms with Crippen LogP contribution in [0.5, 0.6) is 0 Å². The number of fused-ring (bicyclic) bond motifs is 1. The molecule has 1 saturated carbocycles. The normalized spacial score (nSPS) is 26.8. The molecule has 2 atom stereocenters. The zero-order chi connectivity index (χ0) is 15.0. The van der Waals surface area contributed by atoms with Crippen LogP contribution in [-0.4, -0.2) is 35.3 Å². The van der Waals surface area contributed by atoms with E-state index in [1.54, 1.807) is 24.3 Å². The number of rotatable bonds is 2. The lowest BCUT2D eigenvalue weighted by atomic mass is 10.0. The van der Waals surface area contributed by atoms with Crippen molar-refractivity contribution in [3.05, 3.63) is 35.9 Å². The van der Waals surface area contributed by atoms with Crippen LogP contribution in [0.2, 0.25) is 0 Å². The Morgan fingerprint density at radius 1 is 1.29 bits per heavy atom. The summed E-state index contributed by atoms with van der Waals surface area (Å²) in [5.41, 5.74) is 0.788. The quantitative estimate of drug-likeness (QED) is 0.842. The number of alkyl halides is 2. The Morgan fingerprint density at radius 3 is 2.71 bits per heavy atom. The highest BCUT2D eigenvalue weighted by Crippen LogP contribution is 2.45. The lowest BCUT2D eigenvalue weighted by Crippen LogP contribution is -2.37. The highest BCUT2D eigenvalue weighted by Gasteiger charge is 2.59. The van der Waals surface area contributed by atoms with E-state index in [-0.39, 0.29) is 25.2 Å². The van der Waals surface area contributed by atoms with E-state index < -0.39 is 30.5 Å². The Morgan fingerprint density at radius 2 is 2.00 bits per heavy atom. The molecule has 1 aliphatic heterocycles. The van der Waals surface area contributed by atoms with Gasteiger partial charge in [0, 0.05) is 12.8 Å². The van der Waals surface area contributed by atoms with E-state index in [9.17, 15) is 18.4 Å². The number of benzene rings is 1. The maximum Gasteiger partial charge on any atom is 0.410 e. The highest BCUT2D eigenvalue weighted by molar-refractivity contribution is 5.83. The first kappa shape index (κ1) is 14.0. The maximum atomic E-state index is 13.8. The number of ether oxygens (including phenoxy) is 1. The summed E-state index contributed by atoms with van der Waals surface area (Å²) in [6.07, 6.45) is -0.929. The zero-order valence-corrected chi connectivity index (χ0v) is 11.3. The fourth-order valence-corrected chi connectivity index (χ4v) is 3.06. The van der Waals surface area contributed by atoms with Crippen LogP contribution in [0.25, 0.3) is 0 Å². The van der Waals surface area contributed by atoms with Gasteiger partial charge in [-0.2, -0.15) is 0 Å². The molecule has 1 aromatic rings. The van der Waals surface area contributed by atoms with Crippen LogP contribution in [0.1, 0.15) is 18.4 Å². The molecular formula is C15H15F2NO3. The van der Waals surface area contributed by atoms with Crippen molar-refractivity contribution in [2.45, 2.75) is 31.4 Å². The number of halogens is 2. The molecular weight excluding hydrogens is 280 g/mol. The molecule has 1 aliphatic carbocycles. The first-order valence-electron chi connectivity index (χ1n) is 6.84. The van der Waals surface area contributed by atoms with Gasteiger partial charge in [-0.1, -0.05) is 30.3 Å². The standard InChI is InChI=1S/C15H15F2NO3/c16-15(17)9-18(13-7-11(19)6-12(13)15)14(20)21-8-10-4-2-1-3-5-10/h1-5,12-13H,6-9H2.